The molecule has 0 aliphatic carbocycles. The molecule has 0 spiro atoms. The molecule has 20 heteroatoms. The average Bonchev–Trinajstić information content (AvgIpc) is 3.19. The quantitative estimate of drug-likeness (QED) is 0.0640. The van der Waals surface area contributed by atoms with Gasteiger partial charge in [-0.3, -0.25) is 38.4 Å². The van der Waals surface area contributed by atoms with Gasteiger partial charge in [-0.2, -0.15) is 0 Å². The van der Waals surface area contributed by atoms with Crippen molar-refractivity contribution in [3.63, 3.8) is 0 Å². The normalized spacial score (nSPS) is 25.8. The van der Waals surface area contributed by atoms with Gasteiger partial charge in [0.05, 0.1) is 6.04 Å². The second-order valence-electron chi connectivity index (χ2n) is 16.2. The van der Waals surface area contributed by atoms with Crippen molar-refractivity contribution in [2.24, 2.45) is 5.73 Å². The number of amides is 1. The molecular weight excluding hydrogens is 844 g/mol. The predicted octanol–water partition coefficient (Wildman–Crippen LogP) is 3.92. The van der Waals surface area contributed by atoms with Crippen LogP contribution in [0.25, 0.3) is 0 Å². The Hall–Kier alpha value is -4.40. The predicted molar refractivity (Wildman–Crippen MR) is 224 cm³/mol. The van der Waals surface area contributed by atoms with Crippen LogP contribution in [0.5, 0.6) is 0 Å². The Kier molecular flexibility index (Phi) is 26.1. The highest BCUT2D eigenvalue weighted by molar-refractivity contribution is 5.81. The highest BCUT2D eigenvalue weighted by Crippen LogP contribution is 2.35. The van der Waals surface area contributed by atoms with Gasteiger partial charge in [0.25, 0.3) is 0 Å². The molecule has 0 aromatic carbocycles. The van der Waals surface area contributed by atoms with E-state index in [4.69, 9.17) is 53.1 Å². The van der Waals surface area contributed by atoms with Gasteiger partial charge in [0.1, 0.15) is 31.5 Å². The number of ether oxygens (including phenoxy) is 10. The van der Waals surface area contributed by atoms with E-state index in [1.165, 1.54) is 57.8 Å². The average molecular weight is 917 g/mol. The number of carbonyl (C=O) groups excluding carboxylic acids is 8. The van der Waals surface area contributed by atoms with Gasteiger partial charge in [0.15, 0.2) is 43.0 Å². The van der Waals surface area contributed by atoms with Gasteiger partial charge >= 0.3 is 41.8 Å². The Labute approximate surface area is 376 Å². The number of carbonyl (C=O) groups is 8. The van der Waals surface area contributed by atoms with Crippen molar-refractivity contribution >= 4 is 47.7 Å². The molecule has 0 bridgehead atoms. The van der Waals surface area contributed by atoms with Crippen LogP contribution in [0.2, 0.25) is 0 Å². The summed E-state index contributed by atoms with van der Waals surface area (Å²) in [5.74, 6) is -6.71. The molecule has 64 heavy (non-hydrogen) atoms. The standard InChI is InChI=1S/C44H72N2O18/c1-9-10-11-12-13-14-15-16-17-18-19-20-21-22-23-33(45)42(54)46-43-40(60-31(7)52)38(58-29(5)50)37(34(62-43)24-55-26(2)47)64-44-41(61-32(8)53)39(59-30(6)51)36(57-28(4)49)35(63-44)25-56-27(3)48/h33-41,43-44H,9-25,45H2,1-8H3,(H,46,54)/t33-,34-,35-,36-,37-,38+,39+,40-,41-,43-,44-/m1/s1. The molecule has 3 N–H and O–H groups in total. The maximum absolute atomic E-state index is 13.6. The van der Waals surface area contributed by atoms with Gasteiger partial charge in [0, 0.05) is 48.5 Å². The number of rotatable bonds is 28. The Bertz CT molecular complexity index is 1510. The molecule has 20 nitrogen and oxygen atoms in total. The molecule has 0 aromatic heterocycles. The molecule has 0 radical (unpaired) electrons. The lowest BCUT2D eigenvalue weighted by molar-refractivity contribution is -0.345. The topological polar surface area (TPSA) is 267 Å². The number of esters is 7. The summed E-state index contributed by atoms with van der Waals surface area (Å²) in [5.41, 5.74) is 6.32. The molecule has 366 valence electrons. The fourth-order valence-corrected chi connectivity index (χ4v) is 7.57. The fraction of sp³-hybridized carbons (Fsp3) is 0.818. The van der Waals surface area contributed by atoms with Crippen molar-refractivity contribution in [2.75, 3.05) is 13.2 Å². The van der Waals surface area contributed by atoms with E-state index in [0.717, 1.165) is 74.1 Å². The van der Waals surface area contributed by atoms with E-state index in [1.54, 1.807) is 0 Å². The Balaban J connectivity index is 2.34. The minimum Gasteiger partial charge on any atom is -0.463 e. The van der Waals surface area contributed by atoms with E-state index in [0.29, 0.717) is 12.8 Å². The first kappa shape index (κ1) is 55.7. The molecule has 2 heterocycles. The van der Waals surface area contributed by atoms with Gasteiger partial charge in [0.2, 0.25) is 5.91 Å². The molecule has 0 saturated carbocycles. The minimum absolute atomic E-state index is 0.327. The largest absolute Gasteiger partial charge is 0.463 e. The molecule has 2 aliphatic heterocycles. The number of unbranched alkanes of at least 4 members (excludes halogenated alkanes) is 13. The summed E-state index contributed by atoms with van der Waals surface area (Å²) in [7, 11) is 0. The van der Waals surface area contributed by atoms with Crippen molar-refractivity contribution in [1.82, 2.24) is 5.32 Å². The molecule has 2 rings (SSSR count). The SMILES string of the molecule is CCCCCCCCCCCCCCCC[C@@H](N)C(=O)N[C@@H]1O[C@H](COC(C)=O)[C@@H](O[C@H]2O[C@H](COC(C)=O)[C@@H](OC(C)=O)[C@H](OC(C)=O)[C@H]2OC(C)=O)[C@H](OC(C)=O)[C@H]1OC(C)=O. The third kappa shape index (κ3) is 21.1. The van der Waals surface area contributed by atoms with Crippen molar-refractivity contribution in [1.29, 1.82) is 0 Å². The minimum atomic E-state index is -1.84. The summed E-state index contributed by atoms with van der Waals surface area (Å²) in [4.78, 5) is 100. The zero-order chi connectivity index (χ0) is 47.8. The van der Waals surface area contributed by atoms with Crippen LogP contribution < -0.4 is 11.1 Å². The Morgan fingerprint density at radius 1 is 0.469 bits per heavy atom. The van der Waals surface area contributed by atoms with Gasteiger partial charge in [-0.25, -0.2) is 0 Å². The van der Waals surface area contributed by atoms with Crippen LogP contribution >= 0.6 is 0 Å². The maximum Gasteiger partial charge on any atom is 0.303 e. The van der Waals surface area contributed by atoms with Crippen LogP contribution in [-0.4, -0.2) is 128 Å². The Morgan fingerprint density at radius 3 is 1.28 bits per heavy atom. The summed E-state index contributed by atoms with van der Waals surface area (Å²) < 4.78 is 56.8. The van der Waals surface area contributed by atoms with Crippen molar-refractivity contribution in [3.8, 4) is 0 Å². The van der Waals surface area contributed by atoms with Crippen LogP contribution in [0.1, 0.15) is 152 Å². The van der Waals surface area contributed by atoms with Gasteiger partial charge in [-0.15, -0.1) is 0 Å². The third-order valence-corrected chi connectivity index (χ3v) is 10.4. The summed E-state index contributed by atoms with van der Waals surface area (Å²) >= 11 is 0. The van der Waals surface area contributed by atoms with E-state index in [-0.39, 0.29) is 0 Å². The van der Waals surface area contributed by atoms with Crippen LogP contribution in [0.3, 0.4) is 0 Å². The molecule has 2 aliphatic rings. The monoisotopic (exact) mass is 916 g/mol. The van der Waals surface area contributed by atoms with Crippen LogP contribution in [0, 0.1) is 0 Å². The van der Waals surface area contributed by atoms with E-state index < -0.39 is 128 Å². The lowest BCUT2D eigenvalue weighted by Crippen LogP contribution is -2.69. The number of nitrogens with two attached hydrogens (primary N) is 1. The number of nitrogens with one attached hydrogen (secondary N) is 1. The molecule has 2 fully saturated rings. The second-order valence-corrected chi connectivity index (χ2v) is 16.2. The van der Waals surface area contributed by atoms with Crippen molar-refractivity contribution in [2.45, 2.75) is 219 Å². The maximum atomic E-state index is 13.6. The zero-order valence-corrected chi connectivity index (χ0v) is 38.8. The Morgan fingerprint density at radius 2 is 0.844 bits per heavy atom. The van der Waals surface area contributed by atoms with Gasteiger partial charge in [-0.1, -0.05) is 96.8 Å². The van der Waals surface area contributed by atoms with Crippen LogP contribution in [0.15, 0.2) is 0 Å². The summed E-state index contributed by atoms with van der Waals surface area (Å²) in [6, 6.07) is -1.01. The van der Waals surface area contributed by atoms with Gasteiger partial charge < -0.3 is 58.4 Å². The smallest absolute Gasteiger partial charge is 0.303 e. The van der Waals surface area contributed by atoms with Crippen LogP contribution in [0.4, 0.5) is 0 Å². The van der Waals surface area contributed by atoms with E-state index in [9.17, 15) is 38.4 Å². The summed E-state index contributed by atoms with van der Waals surface area (Å²) in [6.07, 6.45) is 0.431. The van der Waals surface area contributed by atoms with E-state index in [1.807, 2.05) is 0 Å². The number of hydrogen-bond acceptors (Lipinski definition) is 19. The van der Waals surface area contributed by atoms with Crippen molar-refractivity contribution < 1.29 is 85.7 Å². The molecular formula is C44H72N2O18. The molecule has 0 unspecified atom stereocenters. The first-order valence-electron chi connectivity index (χ1n) is 22.5. The van der Waals surface area contributed by atoms with Gasteiger partial charge in [-0.05, 0) is 6.42 Å². The number of hydrogen-bond donors (Lipinski definition) is 2. The third-order valence-electron chi connectivity index (χ3n) is 10.4. The highest BCUT2D eigenvalue weighted by Gasteiger charge is 2.57. The molecule has 2 saturated heterocycles. The first-order chi connectivity index (χ1) is 30.3. The van der Waals surface area contributed by atoms with Crippen molar-refractivity contribution in [3.05, 3.63) is 0 Å². The fourth-order valence-electron chi connectivity index (χ4n) is 7.57. The summed E-state index contributed by atoms with van der Waals surface area (Å²) in [6.45, 7) is 8.46. The highest BCUT2D eigenvalue weighted by atomic mass is 16.8. The zero-order valence-electron chi connectivity index (χ0n) is 38.8. The molecule has 0 aromatic rings. The first-order valence-corrected chi connectivity index (χ1v) is 22.5. The molecule has 1 amide bonds. The van der Waals surface area contributed by atoms with Crippen LogP contribution in [-0.2, 0) is 85.7 Å². The van der Waals surface area contributed by atoms with E-state index >= 15 is 0 Å². The lowest BCUT2D eigenvalue weighted by Gasteiger charge is -2.49. The second kappa shape index (κ2) is 29.9. The molecule has 11 atom stereocenters. The summed E-state index contributed by atoms with van der Waals surface area (Å²) in [5, 5.41) is 2.63. The lowest BCUT2D eigenvalue weighted by atomic mass is 9.95. The van der Waals surface area contributed by atoms with E-state index in [2.05, 4.69) is 12.2 Å².